The van der Waals surface area contributed by atoms with Gasteiger partial charge in [-0.25, -0.2) is 4.98 Å². The standard InChI is InChI=1S/C26H29ClN6O/c27-23-4-1-3-22(13-23)17-32-12-9-25(26(32)34)31(11-2-10-28)18-24-15-30-19-33(24)16-21-7-5-20(14-29)6-8-21/h1,3-8,13,15,19,25H,2,9-12,16-18,28H2/t25-/m0/s1. The second kappa shape index (κ2) is 11.3. The van der Waals surface area contributed by atoms with Crippen LogP contribution in [0.5, 0.6) is 0 Å². The number of imidazole rings is 1. The van der Waals surface area contributed by atoms with Crippen LogP contribution in [0.3, 0.4) is 0 Å². The smallest absolute Gasteiger partial charge is 0.240 e. The van der Waals surface area contributed by atoms with Gasteiger partial charge in [0, 0.05) is 43.9 Å². The molecule has 1 aliphatic rings. The Morgan fingerprint density at radius 3 is 2.74 bits per heavy atom. The number of carbonyl (C=O) groups is 1. The molecule has 0 spiro atoms. The Morgan fingerprint density at radius 2 is 2.00 bits per heavy atom. The molecule has 7 nitrogen and oxygen atoms in total. The number of hydrogen-bond acceptors (Lipinski definition) is 5. The minimum absolute atomic E-state index is 0.148. The van der Waals surface area contributed by atoms with Crippen molar-refractivity contribution < 1.29 is 4.79 Å². The van der Waals surface area contributed by atoms with Crippen LogP contribution in [-0.4, -0.2) is 50.9 Å². The maximum atomic E-state index is 13.3. The maximum Gasteiger partial charge on any atom is 0.240 e. The predicted molar refractivity (Wildman–Crippen MR) is 132 cm³/mol. The zero-order chi connectivity index (χ0) is 23.9. The van der Waals surface area contributed by atoms with E-state index in [0.29, 0.717) is 36.8 Å². The minimum Gasteiger partial charge on any atom is -0.337 e. The van der Waals surface area contributed by atoms with Gasteiger partial charge in [0.05, 0.1) is 29.7 Å². The molecule has 34 heavy (non-hydrogen) atoms. The summed E-state index contributed by atoms with van der Waals surface area (Å²) in [6.45, 7) is 3.90. The van der Waals surface area contributed by atoms with E-state index < -0.39 is 0 Å². The van der Waals surface area contributed by atoms with E-state index in [2.05, 4.69) is 20.5 Å². The summed E-state index contributed by atoms with van der Waals surface area (Å²) in [6.07, 6.45) is 5.29. The number of amides is 1. The molecule has 2 aromatic carbocycles. The van der Waals surface area contributed by atoms with E-state index in [-0.39, 0.29) is 11.9 Å². The quantitative estimate of drug-likeness (QED) is 0.484. The number of halogens is 1. The van der Waals surface area contributed by atoms with Gasteiger partial charge in [0.1, 0.15) is 0 Å². The molecule has 3 aromatic rings. The third kappa shape index (κ3) is 5.84. The van der Waals surface area contributed by atoms with Gasteiger partial charge in [0.2, 0.25) is 5.91 Å². The number of hydrogen-bond donors (Lipinski definition) is 1. The van der Waals surface area contributed by atoms with Gasteiger partial charge in [0.25, 0.3) is 0 Å². The predicted octanol–water partition coefficient (Wildman–Crippen LogP) is 3.41. The van der Waals surface area contributed by atoms with Gasteiger partial charge in [-0.3, -0.25) is 9.69 Å². The molecule has 4 rings (SSSR count). The molecule has 0 aliphatic carbocycles. The highest BCUT2D eigenvalue weighted by molar-refractivity contribution is 6.30. The number of carbonyl (C=O) groups excluding carboxylic acids is 1. The molecule has 1 saturated heterocycles. The molecule has 1 atom stereocenters. The zero-order valence-electron chi connectivity index (χ0n) is 19.1. The first kappa shape index (κ1) is 24.0. The highest BCUT2D eigenvalue weighted by atomic mass is 35.5. The van der Waals surface area contributed by atoms with Crippen LogP contribution in [0.2, 0.25) is 5.02 Å². The largest absolute Gasteiger partial charge is 0.337 e. The Hall–Kier alpha value is -3.18. The van der Waals surface area contributed by atoms with E-state index in [1.165, 1.54) is 0 Å². The summed E-state index contributed by atoms with van der Waals surface area (Å²) in [5, 5.41) is 9.70. The third-order valence-corrected chi connectivity index (χ3v) is 6.46. The lowest BCUT2D eigenvalue weighted by Gasteiger charge is -2.28. The van der Waals surface area contributed by atoms with Gasteiger partial charge in [-0.1, -0.05) is 35.9 Å². The average molecular weight is 477 g/mol. The first-order valence-electron chi connectivity index (χ1n) is 11.5. The monoisotopic (exact) mass is 476 g/mol. The average Bonchev–Trinajstić information content (AvgIpc) is 3.43. The van der Waals surface area contributed by atoms with Crippen LogP contribution in [0.25, 0.3) is 0 Å². The van der Waals surface area contributed by atoms with Crippen molar-refractivity contribution in [1.82, 2.24) is 19.4 Å². The molecule has 2 heterocycles. The van der Waals surface area contributed by atoms with Crippen molar-refractivity contribution in [2.24, 2.45) is 5.73 Å². The lowest BCUT2D eigenvalue weighted by atomic mass is 10.1. The van der Waals surface area contributed by atoms with Crippen molar-refractivity contribution in [1.29, 1.82) is 5.26 Å². The summed E-state index contributed by atoms with van der Waals surface area (Å²) in [7, 11) is 0. The fourth-order valence-corrected chi connectivity index (χ4v) is 4.64. The Balaban J connectivity index is 1.46. The number of nitrogens with two attached hydrogens (primary N) is 1. The van der Waals surface area contributed by atoms with Gasteiger partial charge < -0.3 is 15.2 Å². The van der Waals surface area contributed by atoms with Crippen LogP contribution < -0.4 is 5.73 Å². The molecule has 1 fully saturated rings. The molecule has 1 aromatic heterocycles. The van der Waals surface area contributed by atoms with E-state index in [0.717, 1.165) is 42.8 Å². The number of likely N-dealkylation sites (tertiary alicyclic amines) is 1. The fraction of sp³-hybridized carbons (Fsp3) is 0.346. The van der Waals surface area contributed by atoms with Crippen LogP contribution in [0.4, 0.5) is 0 Å². The molecule has 0 bridgehead atoms. The van der Waals surface area contributed by atoms with Crippen molar-refractivity contribution in [2.75, 3.05) is 19.6 Å². The minimum atomic E-state index is -0.177. The second-order valence-electron chi connectivity index (χ2n) is 8.63. The maximum absolute atomic E-state index is 13.3. The topological polar surface area (TPSA) is 91.2 Å². The van der Waals surface area contributed by atoms with E-state index in [4.69, 9.17) is 22.6 Å². The number of nitriles is 1. The molecule has 1 amide bonds. The molecular formula is C26H29ClN6O. The van der Waals surface area contributed by atoms with Crippen LogP contribution in [-0.2, 0) is 24.4 Å². The van der Waals surface area contributed by atoms with E-state index in [9.17, 15) is 4.79 Å². The second-order valence-corrected chi connectivity index (χ2v) is 9.06. The van der Waals surface area contributed by atoms with Crippen molar-refractivity contribution in [3.05, 3.63) is 88.5 Å². The van der Waals surface area contributed by atoms with Gasteiger partial charge in [0.15, 0.2) is 0 Å². The van der Waals surface area contributed by atoms with E-state index in [1.807, 2.05) is 66.0 Å². The molecule has 2 N–H and O–H groups in total. The Labute approximate surface area is 205 Å². The summed E-state index contributed by atoms with van der Waals surface area (Å²) >= 11 is 6.12. The molecule has 0 radical (unpaired) electrons. The van der Waals surface area contributed by atoms with Crippen LogP contribution in [0.1, 0.15) is 35.2 Å². The summed E-state index contributed by atoms with van der Waals surface area (Å²) in [4.78, 5) is 21.8. The fourth-order valence-electron chi connectivity index (χ4n) is 4.43. The van der Waals surface area contributed by atoms with E-state index >= 15 is 0 Å². The zero-order valence-corrected chi connectivity index (χ0v) is 19.9. The highest BCUT2D eigenvalue weighted by Gasteiger charge is 2.36. The van der Waals surface area contributed by atoms with Crippen molar-refractivity contribution in [3.63, 3.8) is 0 Å². The van der Waals surface area contributed by atoms with Gasteiger partial charge in [-0.2, -0.15) is 5.26 Å². The molecule has 1 aliphatic heterocycles. The first-order chi connectivity index (χ1) is 16.6. The molecular weight excluding hydrogens is 448 g/mol. The number of benzene rings is 2. The summed E-state index contributed by atoms with van der Waals surface area (Å²) in [5.41, 5.74) is 9.63. The number of nitrogens with zero attached hydrogens (tertiary/aromatic N) is 5. The van der Waals surface area contributed by atoms with E-state index in [1.54, 1.807) is 0 Å². The number of rotatable bonds is 10. The van der Waals surface area contributed by atoms with Crippen LogP contribution in [0, 0.1) is 11.3 Å². The lowest BCUT2D eigenvalue weighted by Crippen LogP contribution is -2.42. The normalized spacial score (nSPS) is 15.8. The molecule has 0 unspecified atom stereocenters. The summed E-state index contributed by atoms with van der Waals surface area (Å²) < 4.78 is 2.10. The van der Waals surface area contributed by atoms with Crippen LogP contribution >= 0.6 is 11.6 Å². The van der Waals surface area contributed by atoms with Gasteiger partial charge >= 0.3 is 0 Å². The third-order valence-electron chi connectivity index (χ3n) is 6.22. The van der Waals surface area contributed by atoms with Gasteiger partial charge in [-0.15, -0.1) is 0 Å². The summed E-state index contributed by atoms with van der Waals surface area (Å²) in [6, 6.07) is 17.2. The SMILES string of the molecule is N#Cc1ccc(Cn2cncc2CN(CCCN)[C@H]2CCN(Cc3cccc(Cl)c3)C2=O)cc1. The molecule has 176 valence electrons. The first-order valence-corrected chi connectivity index (χ1v) is 11.9. The lowest BCUT2D eigenvalue weighted by molar-refractivity contribution is -0.132. The number of aromatic nitrogens is 2. The van der Waals surface area contributed by atoms with Crippen molar-refractivity contribution in [3.8, 4) is 6.07 Å². The van der Waals surface area contributed by atoms with Crippen molar-refractivity contribution in [2.45, 2.75) is 38.5 Å². The molecule has 8 heteroatoms. The van der Waals surface area contributed by atoms with Crippen molar-refractivity contribution >= 4 is 17.5 Å². The Kier molecular flexibility index (Phi) is 7.96. The van der Waals surface area contributed by atoms with Gasteiger partial charge in [-0.05, 0) is 54.8 Å². The molecule has 0 saturated carbocycles. The summed E-state index contributed by atoms with van der Waals surface area (Å²) in [5.74, 6) is 0.148. The van der Waals surface area contributed by atoms with Crippen LogP contribution in [0.15, 0.2) is 61.1 Å². The Bertz CT molecular complexity index is 1150. The highest BCUT2D eigenvalue weighted by Crippen LogP contribution is 2.23. The Morgan fingerprint density at radius 1 is 1.18 bits per heavy atom.